The number of carbonyl (C=O) groups is 2. The maximum atomic E-state index is 13.4. The van der Waals surface area contributed by atoms with E-state index in [2.05, 4.69) is 15.2 Å². The first-order valence-electron chi connectivity index (χ1n) is 10.1. The fourth-order valence-corrected chi connectivity index (χ4v) is 3.47. The van der Waals surface area contributed by atoms with E-state index in [4.69, 9.17) is 5.11 Å². The van der Waals surface area contributed by atoms with E-state index in [1.807, 2.05) is 42.6 Å². The first kappa shape index (κ1) is 20.1. The first-order valence-corrected chi connectivity index (χ1v) is 10.1. The van der Waals surface area contributed by atoms with Crippen molar-refractivity contribution in [2.45, 2.75) is 0 Å². The van der Waals surface area contributed by atoms with Gasteiger partial charge in [-0.05, 0) is 66.2 Å². The molecule has 5 rings (SSSR count). The third kappa shape index (κ3) is 3.92. The SMILES string of the molecule is O=C(O)c1ccc(N2N=C(c3ccccn3)/C(=C/c3ccc(-n4cccn4)cc3)C2=O)cc1. The number of anilines is 1. The zero-order valence-corrected chi connectivity index (χ0v) is 17.2. The van der Waals surface area contributed by atoms with Gasteiger partial charge in [0.05, 0.1) is 28.2 Å². The standard InChI is InChI=1S/C25H17N5O3/c31-24-21(16-17-5-9-19(10-6-17)29-15-3-14-27-29)23(22-4-1-2-13-26-22)28-30(24)20-11-7-18(8-12-20)25(32)33/h1-16H,(H,32,33)/b21-16-. The summed E-state index contributed by atoms with van der Waals surface area (Å²) in [4.78, 5) is 28.9. The highest BCUT2D eigenvalue weighted by Crippen LogP contribution is 2.27. The van der Waals surface area contributed by atoms with Gasteiger partial charge in [0.1, 0.15) is 5.71 Å². The monoisotopic (exact) mass is 435 g/mol. The molecule has 0 saturated carbocycles. The maximum absolute atomic E-state index is 13.4. The van der Waals surface area contributed by atoms with E-state index in [9.17, 15) is 9.59 Å². The minimum atomic E-state index is -1.04. The Hall–Kier alpha value is -4.85. The van der Waals surface area contributed by atoms with Gasteiger partial charge < -0.3 is 5.11 Å². The molecule has 8 nitrogen and oxygen atoms in total. The van der Waals surface area contributed by atoms with Crippen LogP contribution in [0, 0.1) is 0 Å². The summed E-state index contributed by atoms with van der Waals surface area (Å²) < 4.78 is 1.75. The molecule has 0 spiro atoms. The number of amides is 1. The molecule has 0 saturated heterocycles. The van der Waals surface area contributed by atoms with Crippen molar-refractivity contribution in [1.82, 2.24) is 14.8 Å². The number of carboxylic acid groups (broad SMARTS) is 1. The molecule has 0 bridgehead atoms. The van der Waals surface area contributed by atoms with Crippen LogP contribution in [-0.4, -0.2) is 37.5 Å². The van der Waals surface area contributed by atoms with E-state index in [0.717, 1.165) is 11.3 Å². The number of aromatic carboxylic acids is 1. The van der Waals surface area contributed by atoms with Crippen LogP contribution in [0.15, 0.2) is 102 Å². The molecule has 1 N–H and O–H groups in total. The predicted molar refractivity (Wildman–Crippen MR) is 123 cm³/mol. The number of hydrogen-bond acceptors (Lipinski definition) is 5. The normalized spacial score (nSPS) is 14.5. The minimum absolute atomic E-state index is 0.132. The van der Waals surface area contributed by atoms with E-state index in [1.165, 1.54) is 17.1 Å². The fraction of sp³-hybridized carbons (Fsp3) is 0. The van der Waals surface area contributed by atoms with Gasteiger partial charge in [-0.2, -0.15) is 15.2 Å². The second-order valence-electron chi connectivity index (χ2n) is 7.23. The highest BCUT2D eigenvalue weighted by atomic mass is 16.4. The number of benzene rings is 2. The molecular formula is C25H17N5O3. The molecule has 1 aliphatic heterocycles. The Morgan fingerprint density at radius 3 is 2.27 bits per heavy atom. The van der Waals surface area contributed by atoms with Crippen molar-refractivity contribution in [3.63, 3.8) is 0 Å². The molecule has 0 radical (unpaired) electrons. The maximum Gasteiger partial charge on any atom is 0.335 e. The van der Waals surface area contributed by atoms with Crippen molar-refractivity contribution in [3.8, 4) is 5.69 Å². The summed E-state index contributed by atoms with van der Waals surface area (Å²) in [5.41, 5.74) is 3.72. The van der Waals surface area contributed by atoms with Crippen molar-refractivity contribution in [2.75, 3.05) is 5.01 Å². The van der Waals surface area contributed by atoms with Crippen LogP contribution < -0.4 is 5.01 Å². The van der Waals surface area contributed by atoms with Gasteiger partial charge in [-0.3, -0.25) is 9.78 Å². The molecular weight excluding hydrogens is 418 g/mol. The molecule has 33 heavy (non-hydrogen) atoms. The van der Waals surface area contributed by atoms with Gasteiger partial charge >= 0.3 is 5.97 Å². The quantitative estimate of drug-likeness (QED) is 0.481. The average molecular weight is 435 g/mol. The van der Waals surface area contributed by atoms with E-state index < -0.39 is 5.97 Å². The lowest BCUT2D eigenvalue weighted by Gasteiger charge is -2.11. The van der Waals surface area contributed by atoms with Gasteiger partial charge in [0.25, 0.3) is 5.91 Å². The van der Waals surface area contributed by atoms with Gasteiger partial charge in [-0.1, -0.05) is 18.2 Å². The third-order valence-electron chi connectivity index (χ3n) is 5.12. The second-order valence-corrected chi connectivity index (χ2v) is 7.23. The van der Waals surface area contributed by atoms with E-state index in [-0.39, 0.29) is 11.5 Å². The van der Waals surface area contributed by atoms with Crippen molar-refractivity contribution in [2.24, 2.45) is 5.10 Å². The molecule has 4 aromatic rings. The summed E-state index contributed by atoms with van der Waals surface area (Å²) in [6, 6.07) is 20.9. The van der Waals surface area contributed by atoms with Crippen LogP contribution in [-0.2, 0) is 4.79 Å². The number of hydrogen-bond donors (Lipinski definition) is 1. The Labute approximate surface area is 188 Å². The lowest BCUT2D eigenvalue weighted by molar-refractivity contribution is -0.114. The molecule has 0 atom stereocenters. The van der Waals surface area contributed by atoms with Gasteiger partial charge in [-0.15, -0.1) is 0 Å². The van der Waals surface area contributed by atoms with Crippen molar-refractivity contribution >= 4 is 29.4 Å². The van der Waals surface area contributed by atoms with E-state index >= 15 is 0 Å². The second kappa shape index (κ2) is 8.35. The summed E-state index contributed by atoms with van der Waals surface area (Å²) in [6.07, 6.45) is 6.98. The first-order chi connectivity index (χ1) is 16.1. The number of carboxylic acids is 1. The Bertz CT molecular complexity index is 1370. The Morgan fingerprint density at radius 1 is 0.879 bits per heavy atom. The van der Waals surface area contributed by atoms with Crippen LogP contribution >= 0.6 is 0 Å². The van der Waals surface area contributed by atoms with Crippen LogP contribution in [0.3, 0.4) is 0 Å². The number of aromatic nitrogens is 3. The van der Waals surface area contributed by atoms with Crippen molar-refractivity contribution in [1.29, 1.82) is 0 Å². The summed E-state index contributed by atoms with van der Waals surface area (Å²) >= 11 is 0. The molecule has 1 amide bonds. The zero-order chi connectivity index (χ0) is 22.8. The minimum Gasteiger partial charge on any atom is -0.478 e. The van der Waals surface area contributed by atoms with Gasteiger partial charge in [0.15, 0.2) is 0 Å². The summed E-state index contributed by atoms with van der Waals surface area (Å²) in [5.74, 6) is -1.36. The molecule has 2 aromatic carbocycles. The number of carbonyl (C=O) groups excluding carboxylic acids is 1. The number of rotatable bonds is 5. The Morgan fingerprint density at radius 2 is 1.64 bits per heavy atom. The predicted octanol–water partition coefficient (Wildman–Crippen LogP) is 3.80. The average Bonchev–Trinajstić information content (AvgIpc) is 3.49. The smallest absolute Gasteiger partial charge is 0.335 e. The molecule has 160 valence electrons. The van der Waals surface area contributed by atoms with Gasteiger partial charge in [0.2, 0.25) is 0 Å². The van der Waals surface area contributed by atoms with Crippen LogP contribution in [0.25, 0.3) is 11.8 Å². The summed E-state index contributed by atoms with van der Waals surface area (Å²) in [6.45, 7) is 0. The van der Waals surface area contributed by atoms with Crippen molar-refractivity contribution in [3.05, 3.63) is 114 Å². The molecule has 0 unspecified atom stereocenters. The summed E-state index contributed by atoms with van der Waals surface area (Å²) in [7, 11) is 0. The molecule has 2 aromatic heterocycles. The third-order valence-corrected chi connectivity index (χ3v) is 5.12. The van der Waals surface area contributed by atoms with Crippen LogP contribution in [0.1, 0.15) is 21.6 Å². The molecule has 3 heterocycles. The number of nitrogens with zero attached hydrogens (tertiary/aromatic N) is 5. The molecule has 8 heteroatoms. The van der Waals surface area contributed by atoms with E-state index in [1.54, 1.807) is 47.4 Å². The molecule has 0 fully saturated rings. The molecule has 1 aliphatic rings. The molecule has 0 aliphatic carbocycles. The van der Waals surface area contributed by atoms with Crippen LogP contribution in [0.2, 0.25) is 0 Å². The lowest BCUT2D eigenvalue weighted by Crippen LogP contribution is -2.21. The van der Waals surface area contributed by atoms with E-state index in [0.29, 0.717) is 22.7 Å². The number of pyridine rings is 1. The Kier molecular flexibility index (Phi) is 5.08. The zero-order valence-electron chi connectivity index (χ0n) is 17.2. The lowest BCUT2D eigenvalue weighted by atomic mass is 10.0. The highest BCUT2D eigenvalue weighted by Gasteiger charge is 2.32. The Balaban J connectivity index is 1.53. The summed E-state index contributed by atoms with van der Waals surface area (Å²) in [5, 5.41) is 19.2. The van der Waals surface area contributed by atoms with Gasteiger partial charge in [-0.25, -0.2) is 9.48 Å². The van der Waals surface area contributed by atoms with Crippen LogP contribution in [0.4, 0.5) is 5.69 Å². The van der Waals surface area contributed by atoms with Gasteiger partial charge in [0, 0.05) is 18.6 Å². The fourth-order valence-electron chi connectivity index (χ4n) is 3.47. The highest BCUT2D eigenvalue weighted by molar-refractivity contribution is 6.37. The topological polar surface area (TPSA) is 101 Å². The van der Waals surface area contributed by atoms with Crippen LogP contribution in [0.5, 0.6) is 0 Å². The number of hydrazone groups is 1. The largest absolute Gasteiger partial charge is 0.478 e. The van der Waals surface area contributed by atoms with Crippen molar-refractivity contribution < 1.29 is 14.7 Å².